The number of rotatable bonds is 6. The van der Waals surface area contributed by atoms with Gasteiger partial charge in [-0.1, -0.05) is 43.9 Å². The highest BCUT2D eigenvalue weighted by Gasteiger charge is 2.22. The lowest BCUT2D eigenvalue weighted by Gasteiger charge is -2.11. The molecule has 0 aliphatic carbocycles. The Hall–Kier alpha value is -1.55. The van der Waals surface area contributed by atoms with E-state index in [1.807, 2.05) is 20.8 Å². The lowest BCUT2D eigenvalue weighted by molar-refractivity contribution is -0.115. The van der Waals surface area contributed by atoms with Crippen molar-refractivity contribution < 1.29 is 4.79 Å². The zero-order valence-corrected chi connectivity index (χ0v) is 13.9. The van der Waals surface area contributed by atoms with E-state index in [9.17, 15) is 4.79 Å². The third-order valence-electron chi connectivity index (χ3n) is 2.66. The minimum absolute atomic E-state index is 0.114. The molecule has 2 heterocycles. The van der Waals surface area contributed by atoms with Crippen molar-refractivity contribution in [1.29, 1.82) is 0 Å². The first-order chi connectivity index (χ1) is 10.0. The highest BCUT2D eigenvalue weighted by molar-refractivity contribution is 8.00. The summed E-state index contributed by atoms with van der Waals surface area (Å²) in [5.41, 5.74) is 0. The molecule has 2 aromatic rings. The second-order valence-corrected chi connectivity index (χ2v) is 6.87. The van der Waals surface area contributed by atoms with Crippen molar-refractivity contribution in [3.63, 3.8) is 0 Å². The summed E-state index contributed by atoms with van der Waals surface area (Å²) in [6.07, 6.45) is 0.666. The number of thioether (sulfide) groups is 1. The molecule has 0 saturated carbocycles. The molecule has 0 radical (unpaired) electrons. The van der Waals surface area contributed by atoms with Crippen LogP contribution in [-0.4, -0.2) is 41.6 Å². The number of carbonyl (C=O) groups is 1. The molecule has 0 aliphatic rings. The van der Waals surface area contributed by atoms with Crippen LogP contribution < -0.4 is 5.32 Å². The van der Waals surface area contributed by atoms with Gasteiger partial charge in [-0.05, 0) is 16.8 Å². The smallest absolute Gasteiger partial charge is 0.239 e. The number of hydrogen-bond acceptors (Lipinski definition) is 8. The average Bonchev–Trinajstić information content (AvgIpc) is 3.05. The first-order valence-electron chi connectivity index (χ1n) is 6.54. The van der Waals surface area contributed by atoms with Crippen molar-refractivity contribution in [2.75, 3.05) is 5.32 Å². The van der Waals surface area contributed by atoms with E-state index in [-0.39, 0.29) is 11.2 Å². The summed E-state index contributed by atoms with van der Waals surface area (Å²) >= 11 is 2.73. The summed E-state index contributed by atoms with van der Waals surface area (Å²) in [7, 11) is 1.74. The molecule has 1 unspecified atom stereocenters. The van der Waals surface area contributed by atoms with Crippen LogP contribution in [-0.2, 0) is 11.8 Å². The van der Waals surface area contributed by atoms with Crippen molar-refractivity contribution in [2.45, 2.75) is 43.5 Å². The first kappa shape index (κ1) is 15.8. The van der Waals surface area contributed by atoms with Crippen molar-refractivity contribution in [1.82, 2.24) is 30.4 Å². The SMILES string of the molecule is CCC(Sc1nnnn1C)C(=O)Nc1nnc(C(C)C)s1. The quantitative estimate of drug-likeness (QED) is 0.806. The van der Waals surface area contributed by atoms with Gasteiger partial charge in [-0.3, -0.25) is 10.1 Å². The predicted molar refractivity (Wildman–Crippen MR) is 81.4 cm³/mol. The molecule has 10 heteroatoms. The number of nitrogens with one attached hydrogen (secondary N) is 1. The van der Waals surface area contributed by atoms with Crippen LogP contribution in [0.2, 0.25) is 0 Å². The van der Waals surface area contributed by atoms with Crippen molar-refractivity contribution in [2.24, 2.45) is 7.05 Å². The lowest BCUT2D eigenvalue weighted by Crippen LogP contribution is -2.25. The number of carbonyl (C=O) groups excluding carboxylic acids is 1. The number of aromatic nitrogens is 6. The fourth-order valence-electron chi connectivity index (χ4n) is 1.47. The van der Waals surface area contributed by atoms with Gasteiger partial charge in [0.15, 0.2) is 0 Å². The van der Waals surface area contributed by atoms with Crippen LogP contribution in [0.1, 0.15) is 38.1 Å². The Morgan fingerprint density at radius 2 is 2.14 bits per heavy atom. The Bertz CT molecular complexity index is 609. The Balaban J connectivity index is 2.01. The molecular formula is C11H17N7OS2. The second kappa shape index (κ2) is 6.94. The van der Waals surface area contributed by atoms with Gasteiger partial charge >= 0.3 is 0 Å². The van der Waals surface area contributed by atoms with Crippen LogP contribution in [0, 0.1) is 0 Å². The van der Waals surface area contributed by atoms with Crippen LogP contribution >= 0.6 is 23.1 Å². The third-order valence-corrected chi connectivity index (χ3v) is 5.18. The van der Waals surface area contributed by atoms with E-state index in [1.165, 1.54) is 23.1 Å². The lowest BCUT2D eigenvalue weighted by atomic mass is 10.2. The molecule has 2 aromatic heterocycles. The van der Waals surface area contributed by atoms with Gasteiger partial charge in [-0.15, -0.1) is 15.3 Å². The number of amides is 1. The third kappa shape index (κ3) is 3.97. The number of hydrogen-bond donors (Lipinski definition) is 1. The molecule has 8 nitrogen and oxygen atoms in total. The molecule has 1 N–H and O–H groups in total. The monoisotopic (exact) mass is 327 g/mol. The zero-order valence-electron chi connectivity index (χ0n) is 12.3. The predicted octanol–water partition coefficient (Wildman–Crippen LogP) is 1.69. The van der Waals surface area contributed by atoms with E-state index in [2.05, 4.69) is 31.0 Å². The summed E-state index contributed by atoms with van der Waals surface area (Å²) in [5, 5.41) is 23.8. The fraction of sp³-hybridized carbons (Fsp3) is 0.636. The minimum Gasteiger partial charge on any atom is -0.300 e. The molecule has 2 rings (SSSR count). The summed E-state index contributed by atoms with van der Waals surface area (Å²) in [4.78, 5) is 12.3. The van der Waals surface area contributed by atoms with Gasteiger partial charge in [0.25, 0.3) is 0 Å². The molecule has 0 spiro atoms. The zero-order chi connectivity index (χ0) is 15.4. The van der Waals surface area contributed by atoms with Gasteiger partial charge in [-0.2, -0.15) is 0 Å². The maximum absolute atomic E-state index is 12.3. The van der Waals surface area contributed by atoms with E-state index in [1.54, 1.807) is 11.7 Å². The molecule has 0 saturated heterocycles. The Morgan fingerprint density at radius 1 is 1.38 bits per heavy atom. The van der Waals surface area contributed by atoms with Crippen molar-refractivity contribution in [3.05, 3.63) is 5.01 Å². The van der Waals surface area contributed by atoms with Crippen LogP contribution in [0.4, 0.5) is 5.13 Å². The van der Waals surface area contributed by atoms with Gasteiger partial charge in [0, 0.05) is 13.0 Å². The van der Waals surface area contributed by atoms with E-state index in [4.69, 9.17) is 0 Å². The molecule has 0 fully saturated rings. The van der Waals surface area contributed by atoms with Gasteiger partial charge in [0.1, 0.15) is 5.01 Å². The normalized spacial score (nSPS) is 12.6. The van der Waals surface area contributed by atoms with Crippen LogP contribution in [0.5, 0.6) is 0 Å². The fourth-order valence-corrected chi connectivity index (χ4v) is 3.08. The second-order valence-electron chi connectivity index (χ2n) is 4.69. The molecule has 0 aromatic carbocycles. The van der Waals surface area contributed by atoms with Crippen molar-refractivity contribution in [3.8, 4) is 0 Å². The molecule has 114 valence electrons. The van der Waals surface area contributed by atoms with E-state index < -0.39 is 0 Å². The van der Waals surface area contributed by atoms with Crippen LogP contribution in [0.3, 0.4) is 0 Å². The van der Waals surface area contributed by atoms with Crippen molar-refractivity contribution >= 4 is 34.1 Å². The molecule has 0 bridgehead atoms. The Kier molecular flexibility index (Phi) is 5.23. The minimum atomic E-state index is -0.277. The van der Waals surface area contributed by atoms with Crippen LogP contribution in [0.15, 0.2) is 5.16 Å². The summed E-state index contributed by atoms with van der Waals surface area (Å²) in [6.45, 7) is 6.02. The topological polar surface area (TPSA) is 98.5 Å². The Labute approximate surface area is 130 Å². The van der Waals surface area contributed by atoms with E-state index in [0.29, 0.717) is 22.6 Å². The van der Waals surface area contributed by atoms with Gasteiger partial charge in [0.2, 0.25) is 16.2 Å². The standard InChI is InChI=1S/C11H17N7OS2/c1-5-7(20-11-15-16-17-18(11)4)8(19)12-10-14-13-9(21-10)6(2)3/h6-7H,5H2,1-4H3,(H,12,14,19). The van der Waals surface area contributed by atoms with E-state index >= 15 is 0 Å². The number of aryl methyl sites for hydroxylation is 1. The maximum Gasteiger partial charge on any atom is 0.239 e. The number of anilines is 1. The van der Waals surface area contributed by atoms with Gasteiger partial charge < -0.3 is 0 Å². The summed E-state index contributed by atoms with van der Waals surface area (Å²) < 4.78 is 1.54. The van der Waals surface area contributed by atoms with Crippen LogP contribution in [0.25, 0.3) is 0 Å². The first-order valence-corrected chi connectivity index (χ1v) is 8.24. The van der Waals surface area contributed by atoms with Gasteiger partial charge in [0.05, 0.1) is 5.25 Å². The van der Waals surface area contributed by atoms with Gasteiger partial charge in [-0.25, -0.2) is 4.68 Å². The molecule has 1 atom stereocenters. The number of tetrazole rings is 1. The Morgan fingerprint density at radius 3 is 2.67 bits per heavy atom. The number of nitrogens with zero attached hydrogens (tertiary/aromatic N) is 6. The highest BCUT2D eigenvalue weighted by Crippen LogP contribution is 2.26. The highest BCUT2D eigenvalue weighted by atomic mass is 32.2. The van der Waals surface area contributed by atoms with E-state index in [0.717, 1.165) is 5.01 Å². The molecule has 0 aliphatic heterocycles. The molecular weight excluding hydrogens is 310 g/mol. The largest absolute Gasteiger partial charge is 0.300 e. The average molecular weight is 327 g/mol. The molecule has 21 heavy (non-hydrogen) atoms. The molecule has 1 amide bonds. The summed E-state index contributed by atoms with van der Waals surface area (Å²) in [6, 6.07) is 0. The summed E-state index contributed by atoms with van der Waals surface area (Å²) in [5.74, 6) is 0.186. The maximum atomic E-state index is 12.3.